The second-order valence-electron chi connectivity index (χ2n) is 3.22. The molecule has 0 aliphatic carbocycles. The molecule has 4 heteroatoms. The molecule has 0 spiro atoms. The highest BCUT2D eigenvalue weighted by Crippen LogP contribution is 2.08. The molecule has 4 N–H and O–H groups in total. The molecule has 0 saturated carbocycles. The Kier molecular flexibility index (Phi) is 4.80. The number of nitrogens with one attached hydrogen (secondary N) is 1. The Balaban J connectivity index is 2.59. The van der Waals surface area contributed by atoms with E-state index in [4.69, 9.17) is 10.8 Å². The second-order valence-corrected chi connectivity index (χ2v) is 3.22. The highest BCUT2D eigenvalue weighted by Gasteiger charge is 2.05. The molecule has 0 radical (unpaired) electrons. The van der Waals surface area contributed by atoms with Crippen LogP contribution in [0.3, 0.4) is 0 Å². The molecule has 0 unspecified atom stereocenters. The molecule has 15 heavy (non-hydrogen) atoms. The van der Waals surface area contributed by atoms with Crippen LogP contribution < -0.4 is 11.1 Å². The first-order valence-corrected chi connectivity index (χ1v) is 4.92. The topological polar surface area (TPSA) is 75.4 Å². The van der Waals surface area contributed by atoms with Crippen molar-refractivity contribution in [3.05, 3.63) is 35.4 Å². The number of hydrogen-bond acceptors (Lipinski definition) is 3. The summed E-state index contributed by atoms with van der Waals surface area (Å²) in [6.45, 7) is 0.692. The van der Waals surface area contributed by atoms with Crippen LogP contribution in [0.4, 0.5) is 0 Å². The van der Waals surface area contributed by atoms with Crippen LogP contribution in [0.5, 0.6) is 0 Å². The molecule has 0 heterocycles. The van der Waals surface area contributed by atoms with E-state index in [-0.39, 0.29) is 12.5 Å². The van der Waals surface area contributed by atoms with Gasteiger partial charge < -0.3 is 16.2 Å². The number of carbonyl (C=O) groups excluding carboxylic acids is 1. The fourth-order valence-electron chi connectivity index (χ4n) is 1.36. The van der Waals surface area contributed by atoms with Gasteiger partial charge in [-0.25, -0.2) is 0 Å². The van der Waals surface area contributed by atoms with Crippen LogP contribution in [0.1, 0.15) is 11.1 Å². The van der Waals surface area contributed by atoms with Crippen LogP contribution in [0.25, 0.3) is 0 Å². The minimum atomic E-state index is -0.0926. The van der Waals surface area contributed by atoms with Gasteiger partial charge in [0.05, 0.1) is 13.0 Å². The first kappa shape index (κ1) is 11.7. The SMILES string of the molecule is NCc1ccccc1CC(=O)NCCO. The van der Waals surface area contributed by atoms with Crippen LogP contribution in [0, 0.1) is 0 Å². The molecule has 1 amide bonds. The first-order valence-electron chi connectivity index (χ1n) is 4.92. The summed E-state index contributed by atoms with van der Waals surface area (Å²) in [5, 5.41) is 11.1. The summed E-state index contributed by atoms with van der Waals surface area (Å²) in [4.78, 5) is 11.4. The van der Waals surface area contributed by atoms with Gasteiger partial charge in [0, 0.05) is 13.1 Å². The molecular weight excluding hydrogens is 192 g/mol. The molecule has 0 aliphatic heterocycles. The lowest BCUT2D eigenvalue weighted by molar-refractivity contribution is -0.120. The minimum absolute atomic E-state index is 0.0374. The fraction of sp³-hybridized carbons (Fsp3) is 0.364. The van der Waals surface area contributed by atoms with E-state index in [1.165, 1.54) is 0 Å². The zero-order valence-corrected chi connectivity index (χ0v) is 8.57. The fourth-order valence-corrected chi connectivity index (χ4v) is 1.36. The van der Waals surface area contributed by atoms with Crippen LogP contribution in [-0.4, -0.2) is 24.2 Å². The number of carbonyl (C=O) groups is 1. The van der Waals surface area contributed by atoms with Crippen molar-refractivity contribution in [3.63, 3.8) is 0 Å². The lowest BCUT2D eigenvalue weighted by atomic mass is 10.0. The molecule has 4 nitrogen and oxygen atoms in total. The molecule has 1 rings (SSSR count). The summed E-state index contributed by atoms with van der Waals surface area (Å²) >= 11 is 0. The Bertz CT molecular complexity index is 326. The van der Waals surface area contributed by atoms with Gasteiger partial charge in [-0.2, -0.15) is 0 Å². The first-order chi connectivity index (χ1) is 7.27. The minimum Gasteiger partial charge on any atom is -0.395 e. The average Bonchev–Trinajstić information content (AvgIpc) is 2.27. The monoisotopic (exact) mass is 208 g/mol. The third-order valence-electron chi connectivity index (χ3n) is 2.12. The Hall–Kier alpha value is -1.39. The molecule has 0 fully saturated rings. The number of amides is 1. The maximum absolute atomic E-state index is 11.4. The lowest BCUT2D eigenvalue weighted by Gasteiger charge is -2.07. The van der Waals surface area contributed by atoms with E-state index in [2.05, 4.69) is 5.32 Å². The molecule has 0 saturated heterocycles. The summed E-state index contributed by atoms with van der Waals surface area (Å²) in [5.74, 6) is -0.0926. The normalized spacial score (nSPS) is 10.0. The summed E-state index contributed by atoms with van der Waals surface area (Å²) in [6, 6.07) is 7.58. The van der Waals surface area contributed by atoms with Gasteiger partial charge in [0.15, 0.2) is 0 Å². The Labute approximate surface area is 89.1 Å². The summed E-state index contributed by atoms with van der Waals surface area (Å²) in [6.07, 6.45) is 0.313. The Morgan fingerprint density at radius 3 is 2.60 bits per heavy atom. The van der Waals surface area contributed by atoms with Gasteiger partial charge in [-0.1, -0.05) is 24.3 Å². The molecule has 0 aromatic heterocycles. The lowest BCUT2D eigenvalue weighted by Crippen LogP contribution is -2.28. The van der Waals surface area contributed by atoms with E-state index < -0.39 is 0 Å². The van der Waals surface area contributed by atoms with Gasteiger partial charge >= 0.3 is 0 Å². The predicted octanol–water partition coefficient (Wildman–Crippen LogP) is -0.204. The third kappa shape index (κ3) is 3.69. The van der Waals surface area contributed by atoms with Crippen molar-refractivity contribution in [2.75, 3.05) is 13.2 Å². The van der Waals surface area contributed by atoms with E-state index in [1.807, 2.05) is 24.3 Å². The van der Waals surface area contributed by atoms with Crippen LogP contribution in [0.15, 0.2) is 24.3 Å². The number of hydrogen-bond donors (Lipinski definition) is 3. The summed E-state index contributed by atoms with van der Waals surface area (Å²) in [7, 11) is 0. The zero-order chi connectivity index (χ0) is 11.1. The van der Waals surface area contributed by atoms with E-state index >= 15 is 0 Å². The quantitative estimate of drug-likeness (QED) is 0.627. The Morgan fingerprint density at radius 1 is 1.33 bits per heavy atom. The van der Waals surface area contributed by atoms with Gasteiger partial charge in [-0.15, -0.1) is 0 Å². The number of benzene rings is 1. The third-order valence-corrected chi connectivity index (χ3v) is 2.12. The summed E-state index contributed by atoms with van der Waals surface area (Å²) in [5.41, 5.74) is 7.48. The van der Waals surface area contributed by atoms with Crippen molar-refractivity contribution < 1.29 is 9.90 Å². The van der Waals surface area contributed by atoms with E-state index in [0.29, 0.717) is 19.5 Å². The predicted molar refractivity (Wildman–Crippen MR) is 58.1 cm³/mol. The van der Waals surface area contributed by atoms with Gasteiger partial charge in [0.25, 0.3) is 0 Å². The standard InChI is InChI=1S/C11H16N2O2/c12-8-10-4-2-1-3-9(10)7-11(15)13-5-6-14/h1-4,14H,5-8,12H2,(H,13,15). The van der Waals surface area contributed by atoms with Crippen LogP contribution in [0.2, 0.25) is 0 Å². The highest BCUT2D eigenvalue weighted by atomic mass is 16.3. The van der Waals surface area contributed by atoms with Gasteiger partial charge in [0.1, 0.15) is 0 Å². The van der Waals surface area contributed by atoms with Crippen molar-refractivity contribution in [2.24, 2.45) is 5.73 Å². The van der Waals surface area contributed by atoms with E-state index in [0.717, 1.165) is 11.1 Å². The molecule has 1 aromatic carbocycles. The zero-order valence-electron chi connectivity index (χ0n) is 8.57. The van der Waals surface area contributed by atoms with E-state index in [1.54, 1.807) is 0 Å². The largest absolute Gasteiger partial charge is 0.395 e. The molecule has 82 valence electrons. The molecule has 1 aromatic rings. The average molecular weight is 208 g/mol. The van der Waals surface area contributed by atoms with Crippen molar-refractivity contribution >= 4 is 5.91 Å². The van der Waals surface area contributed by atoms with Gasteiger partial charge in [-0.05, 0) is 11.1 Å². The number of aliphatic hydroxyl groups excluding tert-OH is 1. The molecule has 0 bridgehead atoms. The Morgan fingerprint density at radius 2 is 2.00 bits per heavy atom. The highest BCUT2D eigenvalue weighted by molar-refractivity contribution is 5.78. The molecule has 0 atom stereocenters. The van der Waals surface area contributed by atoms with Gasteiger partial charge in [-0.3, -0.25) is 4.79 Å². The second kappa shape index (κ2) is 6.16. The van der Waals surface area contributed by atoms with E-state index in [9.17, 15) is 4.79 Å². The van der Waals surface area contributed by atoms with Crippen LogP contribution >= 0.6 is 0 Å². The maximum atomic E-state index is 11.4. The smallest absolute Gasteiger partial charge is 0.224 e. The van der Waals surface area contributed by atoms with Crippen molar-refractivity contribution in [1.82, 2.24) is 5.32 Å². The molecular formula is C11H16N2O2. The van der Waals surface area contributed by atoms with Gasteiger partial charge in [0.2, 0.25) is 5.91 Å². The number of aliphatic hydroxyl groups is 1. The molecule has 0 aliphatic rings. The maximum Gasteiger partial charge on any atom is 0.224 e. The van der Waals surface area contributed by atoms with Crippen molar-refractivity contribution in [3.8, 4) is 0 Å². The number of rotatable bonds is 5. The van der Waals surface area contributed by atoms with Crippen molar-refractivity contribution in [1.29, 1.82) is 0 Å². The van der Waals surface area contributed by atoms with Crippen molar-refractivity contribution in [2.45, 2.75) is 13.0 Å². The van der Waals surface area contributed by atoms with Crippen LogP contribution in [-0.2, 0) is 17.8 Å². The summed E-state index contributed by atoms with van der Waals surface area (Å²) < 4.78 is 0. The number of nitrogens with two attached hydrogens (primary N) is 1.